The first-order valence-electron chi connectivity index (χ1n) is 8.68. The summed E-state index contributed by atoms with van der Waals surface area (Å²) in [4.78, 5) is 0.312. The molecule has 4 bridgehead atoms. The highest BCUT2D eigenvalue weighted by Gasteiger charge is 2.55. The lowest BCUT2D eigenvalue weighted by atomic mass is 9.53. The number of nitrogens with zero attached hydrogens (tertiary/aromatic N) is 3. The second kappa shape index (κ2) is 4.99. The van der Waals surface area contributed by atoms with Gasteiger partial charge in [-0.1, -0.05) is 6.07 Å². The van der Waals surface area contributed by atoms with E-state index < -0.39 is 10.0 Å². The van der Waals surface area contributed by atoms with E-state index in [-0.39, 0.29) is 5.54 Å². The minimum atomic E-state index is -3.56. The Hall–Kier alpha value is -1.05. The van der Waals surface area contributed by atoms with Crippen LogP contribution in [0.2, 0.25) is 0 Å². The minimum absolute atomic E-state index is 0.181. The van der Waals surface area contributed by atoms with Crippen LogP contribution in [0.15, 0.2) is 23.1 Å². The van der Waals surface area contributed by atoms with Gasteiger partial charge in [0.1, 0.15) is 15.9 Å². The van der Waals surface area contributed by atoms with Crippen LogP contribution in [0.25, 0.3) is 11.0 Å². The van der Waals surface area contributed by atoms with E-state index in [9.17, 15) is 8.42 Å². The zero-order valence-electron chi connectivity index (χ0n) is 13.7. The molecule has 24 heavy (non-hydrogen) atoms. The van der Waals surface area contributed by atoms with Crippen LogP contribution in [0.4, 0.5) is 0 Å². The minimum Gasteiger partial charge on any atom is -0.207 e. The van der Waals surface area contributed by atoms with Gasteiger partial charge in [-0.25, -0.2) is 8.42 Å². The molecule has 1 aromatic heterocycles. The van der Waals surface area contributed by atoms with Gasteiger partial charge < -0.3 is 0 Å². The molecule has 0 spiro atoms. The largest absolute Gasteiger partial charge is 0.245 e. The molecule has 5 nitrogen and oxygen atoms in total. The van der Waals surface area contributed by atoms with Gasteiger partial charge in [0.2, 0.25) is 10.0 Å². The average molecular weight is 364 g/mol. The predicted molar refractivity (Wildman–Crippen MR) is 93.3 cm³/mol. The Labute approximate surface area is 146 Å². The van der Waals surface area contributed by atoms with E-state index in [1.54, 1.807) is 23.5 Å². The first-order chi connectivity index (χ1) is 11.5. The average Bonchev–Trinajstić information content (AvgIpc) is 3.01. The number of hydrogen-bond donors (Lipinski definition) is 0. The highest BCUT2D eigenvalue weighted by molar-refractivity contribution is 7.89. The lowest BCUT2D eigenvalue weighted by Crippen LogP contribution is -2.60. The first kappa shape index (κ1) is 15.2. The highest BCUT2D eigenvalue weighted by atomic mass is 32.2. The molecule has 0 atom stereocenters. The number of aromatic nitrogens is 2. The van der Waals surface area contributed by atoms with Crippen LogP contribution in [-0.4, -0.2) is 34.1 Å². The van der Waals surface area contributed by atoms with Crippen LogP contribution in [0, 0.1) is 17.8 Å². The molecule has 0 saturated heterocycles. The number of sulfonamides is 1. The van der Waals surface area contributed by atoms with Crippen molar-refractivity contribution in [2.75, 3.05) is 7.05 Å². The normalized spacial score (nSPS) is 35.2. The number of fused-ring (bicyclic) bond motifs is 1. The highest BCUT2D eigenvalue weighted by Crippen LogP contribution is 2.58. The standard InChI is InChI=1S/C17H21N3O2S2/c1-20(17-8-11-5-12(9-17)7-13(6-11)10-17)24(21,22)15-4-2-3-14-16(15)19-23-18-14/h2-4,11-13H,5-10H2,1H3. The summed E-state index contributed by atoms with van der Waals surface area (Å²) in [5, 5.41) is 0. The Morgan fingerprint density at radius 1 is 1.08 bits per heavy atom. The first-order valence-corrected chi connectivity index (χ1v) is 10.9. The Bertz CT molecular complexity index is 870. The summed E-state index contributed by atoms with van der Waals surface area (Å²) >= 11 is 1.07. The van der Waals surface area contributed by atoms with Crippen LogP contribution < -0.4 is 0 Å². The Balaban J connectivity index is 1.59. The fourth-order valence-corrected chi connectivity index (χ4v) is 8.12. The van der Waals surface area contributed by atoms with Crippen molar-refractivity contribution in [1.29, 1.82) is 0 Å². The van der Waals surface area contributed by atoms with Gasteiger partial charge in [-0.05, 0) is 68.4 Å². The van der Waals surface area contributed by atoms with E-state index in [1.165, 1.54) is 19.3 Å². The molecule has 0 amide bonds. The van der Waals surface area contributed by atoms with E-state index in [0.717, 1.165) is 31.0 Å². The Morgan fingerprint density at radius 2 is 1.71 bits per heavy atom. The second-order valence-electron chi connectivity index (χ2n) is 8.00. The van der Waals surface area contributed by atoms with E-state index in [4.69, 9.17) is 0 Å². The number of benzene rings is 1. The molecule has 4 aliphatic rings. The number of rotatable bonds is 3. The third-order valence-corrected chi connectivity index (χ3v) is 9.10. The van der Waals surface area contributed by atoms with Crippen LogP contribution in [0.1, 0.15) is 38.5 Å². The van der Waals surface area contributed by atoms with Gasteiger partial charge in [-0.2, -0.15) is 13.1 Å². The van der Waals surface area contributed by atoms with Crippen molar-refractivity contribution in [3.8, 4) is 0 Å². The van der Waals surface area contributed by atoms with Gasteiger partial charge in [0.25, 0.3) is 0 Å². The molecular formula is C17H21N3O2S2. The summed E-state index contributed by atoms with van der Waals surface area (Å²) < 4.78 is 37.0. The van der Waals surface area contributed by atoms with Crippen LogP contribution in [-0.2, 0) is 10.0 Å². The van der Waals surface area contributed by atoms with Crippen LogP contribution in [0.5, 0.6) is 0 Å². The van der Waals surface area contributed by atoms with Gasteiger partial charge in [0, 0.05) is 12.6 Å². The quantitative estimate of drug-likeness (QED) is 0.839. The molecule has 4 saturated carbocycles. The molecule has 4 fully saturated rings. The molecule has 0 N–H and O–H groups in total. The fourth-order valence-electron chi connectivity index (χ4n) is 5.84. The van der Waals surface area contributed by atoms with E-state index in [2.05, 4.69) is 8.75 Å². The van der Waals surface area contributed by atoms with Gasteiger partial charge in [-0.15, -0.1) is 0 Å². The maximum absolute atomic E-state index is 13.4. The van der Waals surface area contributed by atoms with Gasteiger partial charge in [0.15, 0.2) is 0 Å². The van der Waals surface area contributed by atoms with Gasteiger partial charge >= 0.3 is 0 Å². The third kappa shape index (κ3) is 2.04. The lowest BCUT2D eigenvalue weighted by molar-refractivity contribution is -0.0495. The molecule has 1 heterocycles. The maximum Gasteiger partial charge on any atom is 0.245 e. The van der Waals surface area contributed by atoms with Crippen molar-refractivity contribution in [1.82, 2.24) is 13.1 Å². The smallest absolute Gasteiger partial charge is 0.207 e. The molecule has 7 heteroatoms. The SMILES string of the molecule is CN(C12CC3CC(CC(C3)C1)C2)S(=O)(=O)c1cccc2nsnc12. The van der Waals surface area contributed by atoms with Crippen molar-refractivity contribution in [2.45, 2.75) is 49.0 Å². The molecule has 1 aromatic carbocycles. The summed E-state index contributed by atoms with van der Waals surface area (Å²) in [6.45, 7) is 0. The zero-order chi connectivity index (χ0) is 16.5. The summed E-state index contributed by atoms with van der Waals surface area (Å²) in [7, 11) is -1.77. The predicted octanol–water partition coefficient (Wildman–Crippen LogP) is 3.28. The fraction of sp³-hybridized carbons (Fsp3) is 0.647. The van der Waals surface area contributed by atoms with Crippen molar-refractivity contribution in [3.05, 3.63) is 18.2 Å². The zero-order valence-corrected chi connectivity index (χ0v) is 15.3. The molecule has 0 radical (unpaired) electrons. The van der Waals surface area contributed by atoms with Crippen molar-refractivity contribution in [3.63, 3.8) is 0 Å². The van der Waals surface area contributed by atoms with Crippen LogP contribution >= 0.6 is 11.7 Å². The molecule has 0 unspecified atom stereocenters. The summed E-state index contributed by atoms with van der Waals surface area (Å²) in [5.74, 6) is 2.14. The second-order valence-corrected chi connectivity index (χ2v) is 10.5. The summed E-state index contributed by atoms with van der Waals surface area (Å²) in [6.07, 6.45) is 7.00. The van der Waals surface area contributed by atoms with Crippen molar-refractivity contribution < 1.29 is 8.42 Å². The molecule has 128 valence electrons. The number of hydrogen-bond acceptors (Lipinski definition) is 5. The van der Waals surface area contributed by atoms with E-state index in [1.807, 2.05) is 6.07 Å². The molecule has 4 aliphatic carbocycles. The topological polar surface area (TPSA) is 63.2 Å². The Kier molecular flexibility index (Phi) is 3.16. The van der Waals surface area contributed by atoms with Crippen molar-refractivity contribution in [2.24, 2.45) is 17.8 Å². The summed E-state index contributed by atoms with van der Waals surface area (Å²) in [6, 6.07) is 5.27. The van der Waals surface area contributed by atoms with E-state index >= 15 is 0 Å². The molecular weight excluding hydrogens is 342 g/mol. The van der Waals surface area contributed by atoms with Crippen molar-refractivity contribution >= 4 is 32.8 Å². The maximum atomic E-state index is 13.4. The third-order valence-electron chi connectivity index (χ3n) is 6.56. The monoisotopic (exact) mass is 363 g/mol. The van der Waals surface area contributed by atoms with Gasteiger partial charge in [0.05, 0.1) is 11.7 Å². The van der Waals surface area contributed by atoms with Gasteiger partial charge in [-0.3, -0.25) is 0 Å². The Morgan fingerprint density at radius 3 is 2.33 bits per heavy atom. The molecule has 6 rings (SSSR count). The lowest BCUT2D eigenvalue weighted by Gasteiger charge is -2.59. The van der Waals surface area contributed by atoms with Crippen LogP contribution in [0.3, 0.4) is 0 Å². The molecule has 2 aromatic rings. The summed E-state index contributed by atoms with van der Waals surface area (Å²) in [5.41, 5.74) is 0.998. The van der Waals surface area contributed by atoms with E-state index in [0.29, 0.717) is 33.7 Å². The molecule has 0 aliphatic heterocycles.